The standard InChI is InChI=1S/C15H18FN3/c1-3-17-12-8-9-18-13(10-12)11-19(2)15-7-5-4-6-14(15)16/h4-10H,3,11H2,1-2H3,(H,17,18). The van der Waals surface area contributed by atoms with E-state index >= 15 is 0 Å². The van der Waals surface area contributed by atoms with E-state index in [9.17, 15) is 4.39 Å². The van der Waals surface area contributed by atoms with Gasteiger partial charge in [0, 0.05) is 25.5 Å². The first kappa shape index (κ1) is 13.3. The van der Waals surface area contributed by atoms with Crippen molar-refractivity contribution in [2.24, 2.45) is 0 Å². The summed E-state index contributed by atoms with van der Waals surface area (Å²) in [6, 6.07) is 10.7. The summed E-state index contributed by atoms with van der Waals surface area (Å²) in [7, 11) is 1.86. The molecule has 1 aromatic heterocycles. The zero-order valence-electron chi connectivity index (χ0n) is 11.2. The average Bonchev–Trinajstić information content (AvgIpc) is 2.40. The minimum Gasteiger partial charge on any atom is -0.385 e. The van der Waals surface area contributed by atoms with Crippen molar-refractivity contribution in [3.8, 4) is 0 Å². The molecule has 0 atom stereocenters. The second kappa shape index (κ2) is 6.18. The molecule has 100 valence electrons. The molecule has 0 amide bonds. The summed E-state index contributed by atoms with van der Waals surface area (Å²) >= 11 is 0. The maximum atomic E-state index is 13.7. The molecule has 0 bridgehead atoms. The average molecular weight is 259 g/mol. The Balaban J connectivity index is 2.12. The Morgan fingerprint density at radius 3 is 2.79 bits per heavy atom. The van der Waals surface area contributed by atoms with Crippen molar-refractivity contribution in [2.45, 2.75) is 13.5 Å². The molecule has 19 heavy (non-hydrogen) atoms. The molecule has 1 N–H and O–H groups in total. The van der Waals surface area contributed by atoms with Crippen LogP contribution in [0.1, 0.15) is 12.6 Å². The van der Waals surface area contributed by atoms with Gasteiger partial charge in [0.15, 0.2) is 0 Å². The first-order valence-corrected chi connectivity index (χ1v) is 6.35. The van der Waals surface area contributed by atoms with Gasteiger partial charge in [-0.05, 0) is 31.2 Å². The number of pyridine rings is 1. The van der Waals surface area contributed by atoms with E-state index in [-0.39, 0.29) is 5.82 Å². The van der Waals surface area contributed by atoms with Gasteiger partial charge in [-0.2, -0.15) is 0 Å². The van der Waals surface area contributed by atoms with Gasteiger partial charge in [0.05, 0.1) is 17.9 Å². The lowest BCUT2D eigenvalue weighted by atomic mass is 10.2. The Morgan fingerprint density at radius 1 is 1.26 bits per heavy atom. The third-order valence-electron chi connectivity index (χ3n) is 2.86. The van der Waals surface area contributed by atoms with Crippen LogP contribution in [0.15, 0.2) is 42.6 Å². The molecule has 0 unspecified atom stereocenters. The smallest absolute Gasteiger partial charge is 0.146 e. The van der Waals surface area contributed by atoms with E-state index in [1.54, 1.807) is 18.3 Å². The number of nitrogens with zero attached hydrogens (tertiary/aromatic N) is 2. The van der Waals surface area contributed by atoms with Crippen molar-refractivity contribution in [1.82, 2.24) is 4.98 Å². The first-order chi connectivity index (χ1) is 9.20. The zero-order chi connectivity index (χ0) is 13.7. The molecule has 2 aromatic rings. The number of halogens is 1. The third-order valence-corrected chi connectivity index (χ3v) is 2.86. The quantitative estimate of drug-likeness (QED) is 0.893. The minimum atomic E-state index is -0.215. The zero-order valence-corrected chi connectivity index (χ0v) is 11.2. The van der Waals surface area contributed by atoms with Crippen LogP contribution in [0.2, 0.25) is 0 Å². The summed E-state index contributed by atoms with van der Waals surface area (Å²) in [4.78, 5) is 6.17. The number of benzene rings is 1. The summed E-state index contributed by atoms with van der Waals surface area (Å²) in [5.74, 6) is -0.215. The molecule has 3 nitrogen and oxygen atoms in total. The second-order valence-corrected chi connectivity index (χ2v) is 4.37. The van der Waals surface area contributed by atoms with Gasteiger partial charge < -0.3 is 10.2 Å². The molecule has 0 aliphatic rings. The Labute approximate surface area is 113 Å². The Kier molecular flexibility index (Phi) is 4.34. The SMILES string of the molecule is CCNc1ccnc(CN(C)c2ccccc2F)c1. The second-order valence-electron chi connectivity index (χ2n) is 4.37. The predicted molar refractivity (Wildman–Crippen MR) is 76.9 cm³/mol. The van der Waals surface area contributed by atoms with Crippen LogP contribution in [-0.2, 0) is 6.54 Å². The molecule has 0 aliphatic heterocycles. The van der Waals surface area contributed by atoms with Gasteiger partial charge >= 0.3 is 0 Å². The van der Waals surface area contributed by atoms with Crippen LogP contribution in [0.4, 0.5) is 15.8 Å². The maximum Gasteiger partial charge on any atom is 0.146 e. The number of anilines is 2. The van der Waals surface area contributed by atoms with Crippen LogP contribution in [0.25, 0.3) is 0 Å². The van der Waals surface area contributed by atoms with Crippen molar-refractivity contribution in [3.63, 3.8) is 0 Å². The third kappa shape index (κ3) is 3.44. The lowest BCUT2D eigenvalue weighted by molar-refractivity contribution is 0.622. The number of para-hydroxylation sites is 1. The summed E-state index contributed by atoms with van der Waals surface area (Å²) in [5, 5.41) is 3.24. The van der Waals surface area contributed by atoms with Gasteiger partial charge in [-0.3, -0.25) is 4.98 Å². The van der Waals surface area contributed by atoms with Crippen molar-refractivity contribution in [1.29, 1.82) is 0 Å². The number of aromatic nitrogens is 1. The van der Waals surface area contributed by atoms with Gasteiger partial charge in [0.1, 0.15) is 5.82 Å². The van der Waals surface area contributed by atoms with Gasteiger partial charge in [-0.25, -0.2) is 4.39 Å². The van der Waals surface area contributed by atoms with E-state index in [2.05, 4.69) is 10.3 Å². The number of hydrogen-bond donors (Lipinski definition) is 1. The highest BCUT2D eigenvalue weighted by Crippen LogP contribution is 2.19. The fraction of sp³-hybridized carbons (Fsp3) is 0.267. The molecule has 0 aliphatic carbocycles. The highest BCUT2D eigenvalue weighted by Gasteiger charge is 2.08. The highest BCUT2D eigenvalue weighted by molar-refractivity contribution is 5.48. The van der Waals surface area contributed by atoms with Crippen LogP contribution in [0, 0.1) is 5.82 Å². The van der Waals surface area contributed by atoms with Gasteiger partial charge in [0.2, 0.25) is 0 Å². The van der Waals surface area contributed by atoms with Gasteiger partial charge in [-0.1, -0.05) is 12.1 Å². The van der Waals surface area contributed by atoms with Gasteiger partial charge in [-0.15, -0.1) is 0 Å². The van der Waals surface area contributed by atoms with E-state index in [1.165, 1.54) is 6.07 Å². The lowest BCUT2D eigenvalue weighted by Gasteiger charge is -2.19. The Bertz CT molecular complexity index is 542. The van der Waals surface area contributed by atoms with E-state index in [1.807, 2.05) is 37.1 Å². The van der Waals surface area contributed by atoms with Gasteiger partial charge in [0.25, 0.3) is 0 Å². The molecule has 0 spiro atoms. The minimum absolute atomic E-state index is 0.215. The molecule has 1 heterocycles. The number of nitrogens with one attached hydrogen (secondary N) is 1. The summed E-state index contributed by atoms with van der Waals surface area (Å²) in [6.45, 7) is 3.48. The highest BCUT2D eigenvalue weighted by atomic mass is 19.1. The van der Waals surface area contributed by atoms with Crippen LogP contribution >= 0.6 is 0 Å². The molecule has 0 radical (unpaired) electrons. The van der Waals surface area contributed by atoms with Crippen molar-refractivity contribution >= 4 is 11.4 Å². The molecule has 0 saturated heterocycles. The van der Waals surface area contributed by atoms with Crippen molar-refractivity contribution in [2.75, 3.05) is 23.8 Å². The predicted octanol–water partition coefficient (Wildman–Crippen LogP) is 3.29. The topological polar surface area (TPSA) is 28.2 Å². The largest absolute Gasteiger partial charge is 0.385 e. The lowest BCUT2D eigenvalue weighted by Crippen LogP contribution is -2.18. The molecule has 0 saturated carbocycles. The maximum absolute atomic E-state index is 13.7. The normalized spacial score (nSPS) is 10.3. The fourth-order valence-corrected chi connectivity index (χ4v) is 1.97. The van der Waals surface area contributed by atoms with Crippen molar-refractivity contribution in [3.05, 3.63) is 54.1 Å². The molecule has 4 heteroatoms. The van der Waals surface area contributed by atoms with E-state index in [4.69, 9.17) is 0 Å². The molecular formula is C15H18FN3. The summed E-state index contributed by atoms with van der Waals surface area (Å²) in [6.07, 6.45) is 1.77. The first-order valence-electron chi connectivity index (χ1n) is 6.35. The van der Waals surface area contributed by atoms with Crippen LogP contribution in [-0.4, -0.2) is 18.6 Å². The summed E-state index contributed by atoms with van der Waals surface area (Å²) < 4.78 is 13.7. The summed E-state index contributed by atoms with van der Waals surface area (Å²) in [5.41, 5.74) is 2.52. The molecule has 1 aromatic carbocycles. The van der Waals surface area contributed by atoms with Crippen LogP contribution in [0.3, 0.4) is 0 Å². The van der Waals surface area contributed by atoms with Crippen LogP contribution in [0.5, 0.6) is 0 Å². The molecule has 0 fully saturated rings. The number of rotatable bonds is 5. The van der Waals surface area contributed by atoms with E-state index < -0.39 is 0 Å². The monoisotopic (exact) mass is 259 g/mol. The Morgan fingerprint density at radius 2 is 2.05 bits per heavy atom. The molecular weight excluding hydrogens is 241 g/mol. The van der Waals surface area contributed by atoms with E-state index in [0.717, 1.165) is 17.9 Å². The van der Waals surface area contributed by atoms with Crippen LogP contribution < -0.4 is 10.2 Å². The number of hydrogen-bond acceptors (Lipinski definition) is 3. The van der Waals surface area contributed by atoms with Crippen molar-refractivity contribution < 1.29 is 4.39 Å². The molecule has 2 rings (SSSR count). The van der Waals surface area contributed by atoms with E-state index in [0.29, 0.717) is 12.2 Å². The Hall–Kier alpha value is -2.10. The fourth-order valence-electron chi connectivity index (χ4n) is 1.97.